The van der Waals surface area contributed by atoms with Crippen molar-refractivity contribution >= 4 is 5.97 Å². The molecule has 70 valence electrons. The zero-order valence-electron chi connectivity index (χ0n) is 7.16. The highest BCUT2D eigenvalue weighted by atomic mass is 16.4. The maximum absolute atomic E-state index is 10.8. The van der Waals surface area contributed by atoms with Crippen molar-refractivity contribution in [3.05, 3.63) is 42.4 Å². The Labute approximate surface area is 79.6 Å². The SMILES string of the molecule is O=C(O)c1ccnn1-c1ccccn1. The molecule has 2 rings (SSSR count). The van der Waals surface area contributed by atoms with Gasteiger partial charge in [-0.3, -0.25) is 0 Å². The number of carboxylic acid groups (broad SMARTS) is 1. The van der Waals surface area contributed by atoms with Crippen molar-refractivity contribution in [1.29, 1.82) is 0 Å². The van der Waals surface area contributed by atoms with Crippen LogP contribution in [0.25, 0.3) is 5.82 Å². The van der Waals surface area contributed by atoms with Gasteiger partial charge in [0.25, 0.3) is 0 Å². The first kappa shape index (κ1) is 8.43. The van der Waals surface area contributed by atoms with Gasteiger partial charge >= 0.3 is 5.97 Å². The van der Waals surface area contributed by atoms with E-state index in [0.717, 1.165) is 0 Å². The molecule has 0 atom stereocenters. The number of hydrogen-bond acceptors (Lipinski definition) is 3. The minimum Gasteiger partial charge on any atom is -0.477 e. The van der Waals surface area contributed by atoms with E-state index in [9.17, 15) is 4.79 Å². The fourth-order valence-corrected chi connectivity index (χ4v) is 1.13. The normalized spacial score (nSPS) is 10.0. The molecule has 2 aromatic heterocycles. The van der Waals surface area contributed by atoms with Crippen LogP contribution in [-0.4, -0.2) is 25.8 Å². The molecule has 14 heavy (non-hydrogen) atoms. The van der Waals surface area contributed by atoms with E-state index in [4.69, 9.17) is 5.11 Å². The van der Waals surface area contributed by atoms with Crippen molar-refractivity contribution in [3.63, 3.8) is 0 Å². The Balaban J connectivity index is 2.52. The zero-order chi connectivity index (χ0) is 9.97. The number of pyridine rings is 1. The summed E-state index contributed by atoms with van der Waals surface area (Å²) in [6, 6.07) is 6.65. The molecule has 0 aliphatic rings. The topological polar surface area (TPSA) is 68.0 Å². The minimum absolute atomic E-state index is 0.101. The van der Waals surface area contributed by atoms with Crippen LogP contribution < -0.4 is 0 Å². The van der Waals surface area contributed by atoms with E-state index >= 15 is 0 Å². The van der Waals surface area contributed by atoms with Crippen LogP contribution in [0.1, 0.15) is 10.5 Å². The van der Waals surface area contributed by atoms with Crippen molar-refractivity contribution in [2.75, 3.05) is 0 Å². The third-order valence-corrected chi connectivity index (χ3v) is 1.73. The standard InChI is InChI=1S/C9H7N3O2/c13-9(14)7-4-6-11-12(7)8-3-1-2-5-10-8/h1-6H,(H,13,14). The summed E-state index contributed by atoms with van der Waals surface area (Å²) >= 11 is 0. The molecule has 0 aliphatic heterocycles. The molecule has 0 amide bonds. The van der Waals surface area contributed by atoms with Crippen LogP contribution in [0.5, 0.6) is 0 Å². The van der Waals surface area contributed by atoms with E-state index in [1.54, 1.807) is 24.4 Å². The summed E-state index contributed by atoms with van der Waals surface area (Å²) in [5.74, 6) is -0.525. The third-order valence-electron chi connectivity index (χ3n) is 1.73. The molecule has 5 nitrogen and oxygen atoms in total. The Hall–Kier alpha value is -2.17. The van der Waals surface area contributed by atoms with Crippen molar-refractivity contribution in [1.82, 2.24) is 14.8 Å². The molecule has 2 heterocycles. The van der Waals surface area contributed by atoms with Crippen molar-refractivity contribution < 1.29 is 9.90 Å². The Morgan fingerprint density at radius 3 is 2.79 bits per heavy atom. The lowest BCUT2D eigenvalue weighted by atomic mass is 10.4. The fraction of sp³-hybridized carbons (Fsp3) is 0. The largest absolute Gasteiger partial charge is 0.477 e. The van der Waals surface area contributed by atoms with Crippen LogP contribution in [-0.2, 0) is 0 Å². The van der Waals surface area contributed by atoms with E-state index in [2.05, 4.69) is 10.1 Å². The van der Waals surface area contributed by atoms with Gasteiger partial charge in [-0.15, -0.1) is 0 Å². The van der Waals surface area contributed by atoms with Gasteiger partial charge in [-0.25, -0.2) is 14.5 Å². The van der Waals surface area contributed by atoms with Crippen LogP contribution in [0.2, 0.25) is 0 Å². The van der Waals surface area contributed by atoms with Crippen molar-refractivity contribution in [3.8, 4) is 5.82 Å². The lowest BCUT2D eigenvalue weighted by molar-refractivity contribution is 0.0687. The minimum atomic E-state index is -1.02. The molecule has 0 unspecified atom stereocenters. The number of rotatable bonds is 2. The van der Waals surface area contributed by atoms with Crippen LogP contribution in [0.4, 0.5) is 0 Å². The van der Waals surface area contributed by atoms with Gasteiger partial charge in [0.2, 0.25) is 0 Å². The molecule has 0 spiro atoms. The predicted molar refractivity (Wildman–Crippen MR) is 48.3 cm³/mol. The van der Waals surface area contributed by atoms with Gasteiger partial charge in [-0.2, -0.15) is 5.10 Å². The van der Waals surface area contributed by atoms with Crippen LogP contribution in [0.3, 0.4) is 0 Å². The maximum Gasteiger partial charge on any atom is 0.354 e. The van der Waals surface area contributed by atoms with Gasteiger partial charge in [0.1, 0.15) is 0 Å². The van der Waals surface area contributed by atoms with Gasteiger partial charge in [0.15, 0.2) is 11.5 Å². The molecule has 0 aliphatic carbocycles. The highest BCUT2D eigenvalue weighted by molar-refractivity contribution is 5.86. The van der Waals surface area contributed by atoms with E-state index in [1.165, 1.54) is 16.9 Å². The molecule has 0 radical (unpaired) electrons. The molecule has 0 bridgehead atoms. The molecule has 0 saturated heterocycles. The predicted octanol–water partition coefficient (Wildman–Crippen LogP) is 0.965. The first-order valence-corrected chi connectivity index (χ1v) is 3.98. The summed E-state index contributed by atoms with van der Waals surface area (Å²) in [6.45, 7) is 0. The number of carboxylic acids is 1. The quantitative estimate of drug-likeness (QED) is 0.764. The number of aromatic nitrogens is 3. The number of nitrogens with zero attached hydrogens (tertiary/aromatic N) is 3. The Kier molecular flexibility index (Phi) is 1.98. The van der Waals surface area contributed by atoms with E-state index < -0.39 is 5.97 Å². The Bertz CT molecular complexity index is 450. The maximum atomic E-state index is 10.8. The summed E-state index contributed by atoms with van der Waals surface area (Å²) in [5, 5.41) is 12.7. The average Bonchev–Trinajstić information content (AvgIpc) is 2.67. The molecular weight excluding hydrogens is 182 g/mol. The number of aromatic carboxylic acids is 1. The smallest absolute Gasteiger partial charge is 0.354 e. The average molecular weight is 189 g/mol. The molecule has 5 heteroatoms. The summed E-state index contributed by atoms with van der Waals surface area (Å²) < 4.78 is 1.28. The van der Waals surface area contributed by atoms with Gasteiger partial charge in [0, 0.05) is 6.20 Å². The molecular formula is C9H7N3O2. The van der Waals surface area contributed by atoms with Gasteiger partial charge in [0.05, 0.1) is 6.20 Å². The molecule has 1 N–H and O–H groups in total. The molecule has 0 aromatic carbocycles. The zero-order valence-corrected chi connectivity index (χ0v) is 7.16. The summed E-state index contributed by atoms with van der Waals surface area (Å²) in [4.78, 5) is 14.8. The van der Waals surface area contributed by atoms with Crippen molar-refractivity contribution in [2.45, 2.75) is 0 Å². The van der Waals surface area contributed by atoms with Crippen LogP contribution in [0.15, 0.2) is 36.7 Å². The number of carbonyl (C=O) groups is 1. The van der Waals surface area contributed by atoms with Gasteiger partial charge in [-0.1, -0.05) is 6.07 Å². The number of hydrogen-bond donors (Lipinski definition) is 1. The van der Waals surface area contributed by atoms with Gasteiger partial charge < -0.3 is 5.11 Å². The lowest BCUT2D eigenvalue weighted by Gasteiger charge is -2.01. The summed E-state index contributed by atoms with van der Waals surface area (Å²) in [6.07, 6.45) is 3.01. The fourth-order valence-electron chi connectivity index (χ4n) is 1.13. The second kappa shape index (κ2) is 3.29. The first-order chi connectivity index (χ1) is 6.79. The highest BCUT2D eigenvalue weighted by Crippen LogP contribution is 2.06. The summed E-state index contributed by atoms with van der Waals surface area (Å²) in [5.41, 5.74) is 0.101. The van der Waals surface area contributed by atoms with Crippen LogP contribution >= 0.6 is 0 Å². The van der Waals surface area contributed by atoms with Crippen LogP contribution in [0, 0.1) is 0 Å². The van der Waals surface area contributed by atoms with E-state index in [1.807, 2.05) is 0 Å². The Morgan fingerprint density at radius 1 is 1.29 bits per heavy atom. The highest BCUT2D eigenvalue weighted by Gasteiger charge is 2.11. The monoisotopic (exact) mass is 189 g/mol. The van der Waals surface area contributed by atoms with Crippen molar-refractivity contribution in [2.24, 2.45) is 0 Å². The molecule has 0 saturated carbocycles. The van der Waals surface area contributed by atoms with E-state index in [-0.39, 0.29) is 5.69 Å². The second-order valence-electron chi connectivity index (χ2n) is 2.62. The Morgan fingerprint density at radius 2 is 2.14 bits per heavy atom. The second-order valence-corrected chi connectivity index (χ2v) is 2.62. The van der Waals surface area contributed by atoms with E-state index in [0.29, 0.717) is 5.82 Å². The molecule has 0 fully saturated rings. The van der Waals surface area contributed by atoms with Gasteiger partial charge in [-0.05, 0) is 18.2 Å². The third kappa shape index (κ3) is 1.35. The summed E-state index contributed by atoms with van der Waals surface area (Å²) in [7, 11) is 0. The lowest BCUT2D eigenvalue weighted by Crippen LogP contribution is -2.08. The first-order valence-electron chi connectivity index (χ1n) is 3.98. The molecule has 2 aromatic rings.